The molecule has 3 rings (SSSR count). The zero-order valence-corrected chi connectivity index (χ0v) is 10.8. The van der Waals surface area contributed by atoms with Crippen LogP contribution in [-0.2, 0) is 7.05 Å². The molecule has 0 aliphatic carbocycles. The number of aromatic nitrogens is 4. The maximum atomic E-state index is 11.8. The van der Waals surface area contributed by atoms with Crippen LogP contribution in [0.2, 0.25) is 0 Å². The first-order valence-corrected chi connectivity index (χ1v) is 5.85. The Morgan fingerprint density at radius 3 is 2.53 bits per heavy atom. The molecule has 0 aromatic heterocycles. The molecule has 0 unspecified atom stereocenters. The van der Waals surface area contributed by atoms with Gasteiger partial charge in [-0.2, -0.15) is 4.98 Å². The summed E-state index contributed by atoms with van der Waals surface area (Å²) in [4.78, 5) is 33.4. The van der Waals surface area contributed by atoms with Gasteiger partial charge in [-0.3, -0.25) is 9.78 Å². The fourth-order valence-electron chi connectivity index (χ4n) is 2.15. The molecule has 0 saturated heterocycles. The summed E-state index contributed by atoms with van der Waals surface area (Å²) >= 11 is 0. The number of benzene rings is 1. The van der Waals surface area contributed by atoms with Gasteiger partial charge in [0.1, 0.15) is 0 Å². The third kappa shape index (κ3) is 1.64. The minimum Gasteiger partial charge on any atom is -0.325 e. The van der Waals surface area contributed by atoms with E-state index in [1.165, 1.54) is 0 Å². The first kappa shape index (κ1) is 11.6. The second-order valence-electron chi connectivity index (χ2n) is 4.64. The largest absolute Gasteiger partial charge is 0.349 e. The van der Waals surface area contributed by atoms with Crippen LogP contribution in [-0.4, -0.2) is 19.5 Å². The van der Waals surface area contributed by atoms with Gasteiger partial charge in [-0.1, -0.05) is 0 Å². The number of aromatic amines is 1. The molecule has 0 bridgehead atoms. The molecular formula is C13H12N4O2. The molecule has 2 heterocycles. The average molecular weight is 256 g/mol. The minimum atomic E-state index is -0.655. The number of nitrogens with zero attached hydrogens (tertiary/aromatic N) is 3. The molecule has 2 aliphatic rings. The van der Waals surface area contributed by atoms with Crippen molar-refractivity contribution in [2.45, 2.75) is 13.8 Å². The highest BCUT2D eigenvalue weighted by Crippen LogP contribution is 2.22. The molecule has 0 amide bonds. The van der Waals surface area contributed by atoms with Crippen LogP contribution in [0.1, 0.15) is 11.1 Å². The lowest BCUT2D eigenvalue weighted by molar-refractivity contribution is 0.870. The van der Waals surface area contributed by atoms with Gasteiger partial charge in [-0.15, -0.1) is 0 Å². The summed E-state index contributed by atoms with van der Waals surface area (Å²) < 4.78 is 1.72. The SMILES string of the molecule is Cc1cc2nc3c(=O)[nH]c(=O)nc-3n(C)c2cc1C. The van der Waals surface area contributed by atoms with Crippen LogP contribution in [0, 0.1) is 13.8 Å². The number of aryl methyl sites for hydroxylation is 3. The van der Waals surface area contributed by atoms with E-state index < -0.39 is 11.2 Å². The van der Waals surface area contributed by atoms with Crippen LogP contribution in [0.4, 0.5) is 0 Å². The molecule has 0 atom stereocenters. The van der Waals surface area contributed by atoms with E-state index in [1.807, 2.05) is 26.0 Å². The van der Waals surface area contributed by atoms with Gasteiger partial charge in [0.05, 0.1) is 11.0 Å². The van der Waals surface area contributed by atoms with Crippen molar-refractivity contribution in [2.24, 2.45) is 7.05 Å². The molecule has 0 spiro atoms. The number of H-pyrrole nitrogens is 1. The van der Waals surface area contributed by atoms with Gasteiger partial charge in [0, 0.05) is 7.05 Å². The Balaban J connectivity index is 2.60. The Hall–Kier alpha value is -2.50. The van der Waals surface area contributed by atoms with E-state index >= 15 is 0 Å². The van der Waals surface area contributed by atoms with Gasteiger partial charge >= 0.3 is 5.69 Å². The second kappa shape index (κ2) is 3.74. The first-order valence-electron chi connectivity index (χ1n) is 5.85. The Labute approximate surface area is 108 Å². The standard InChI is InChI=1S/C13H12N4O2/c1-6-4-8-9(5-7(6)2)17(3)11-10(14-8)12(18)16-13(19)15-11/h4-5H,1-3H3,(H,16,18,19). The van der Waals surface area contributed by atoms with Gasteiger partial charge in [-0.05, 0) is 37.1 Å². The molecule has 1 aromatic rings. The molecule has 2 aliphatic heterocycles. The normalized spacial score (nSPS) is 11.3. The Kier molecular flexibility index (Phi) is 2.28. The summed E-state index contributed by atoms with van der Waals surface area (Å²) in [6.45, 7) is 3.99. The zero-order chi connectivity index (χ0) is 13.7. The molecule has 0 fully saturated rings. The van der Waals surface area contributed by atoms with Crippen LogP contribution < -0.4 is 11.2 Å². The van der Waals surface area contributed by atoms with Gasteiger partial charge in [0.15, 0.2) is 11.5 Å². The lowest BCUT2D eigenvalue weighted by Crippen LogP contribution is -2.28. The monoisotopic (exact) mass is 256 g/mol. The molecule has 6 nitrogen and oxygen atoms in total. The molecule has 1 N–H and O–H groups in total. The van der Waals surface area contributed by atoms with E-state index in [2.05, 4.69) is 15.0 Å². The van der Waals surface area contributed by atoms with Gasteiger partial charge in [0.25, 0.3) is 5.56 Å². The van der Waals surface area contributed by atoms with Gasteiger partial charge in [-0.25, -0.2) is 9.78 Å². The summed E-state index contributed by atoms with van der Waals surface area (Å²) in [5.41, 5.74) is 2.79. The van der Waals surface area contributed by atoms with Crippen molar-refractivity contribution >= 4 is 11.0 Å². The number of hydrogen-bond donors (Lipinski definition) is 1. The molecule has 1 aromatic carbocycles. The molecule has 0 radical (unpaired) electrons. The highest BCUT2D eigenvalue weighted by molar-refractivity contribution is 5.80. The number of hydrogen-bond acceptors (Lipinski definition) is 4. The lowest BCUT2D eigenvalue weighted by Gasteiger charge is -2.13. The Bertz CT molecular complexity index is 892. The summed E-state index contributed by atoms with van der Waals surface area (Å²) in [5.74, 6) is 0.296. The van der Waals surface area contributed by atoms with Crippen LogP contribution in [0.5, 0.6) is 0 Å². The van der Waals surface area contributed by atoms with Crippen molar-refractivity contribution in [2.75, 3.05) is 0 Å². The van der Waals surface area contributed by atoms with Crippen molar-refractivity contribution in [3.05, 3.63) is 44.1 Å². The highest BCUT2D eigenvalue weighted by Gasteiger charge is 2.16. The highest BCUT2D eigenvalue weighted by atomic mass is 16.2. The summed E-state index contributed by atoms with van der Waals surface area (Å²) in [7, 11) is 1.77. The lowest BCUT2D eigenvalue weighted by atomic mass is 10.1. The third-order valence-corrected chi connectivity index (χ3v) is 3.36. The van der Waals surface area contributed by atoms with Crippen molar-refractivity contribution in [1.82, 2.24) is 19.5 Å². The van der Waals surface area contributed by atoms with Crippen molar-refractivity contribution in [3.8, 4) is 11.5 Å². The maximum Gasteiger partial charge on any atom is 0.349 e. The predicted molar refractivity (Wildman–Crippen MR) is 71.5 cm³/mol. The van der Waals surface area contributed by atoms with Crippen molar-refractivity contribution < 1.29 is 0 Å². The van der Waals surface area contributed by atoms with Crippen LogP contribution in [0.15, 0.2) is 21.7 Å². The van der Waals surface area contributed by atoms with Crippen molar-refractivity contribution in [3.63, 3.8) is 0 Å². The Morgan fingerprint density at radius 1 is 1.11 bits per heavy atom. The van der Waals surface area contributed by atoms with Gasteiger partial charge < -0.3 is 4.57 Å². The van der Waals surface area contributed by atoms with Crippen LogP contribution in [0.3, 0.4) is 0 Å². The smallest absolute Gasteiger partial charge is 0.325 e. The zero-order valence-electron chi connectivity index (χ0n) is 10.8. The van der Waals surface area contributed by atoms with Crippen molar-refractivity contribution in [1.29, 1.82) is 0 Å². The molecule has 6 heteroatoms. The fraction of sp³-hybridized carbons (Fsp3) is 0.231. The number of rotatable bonds is 0. The summed E-state index contributed by atoms with van der Waals surface area (Å²) in [6, 6.07) is 3.90. The molecule has 96 valence electrons. The second-order valence-corrected chi connectivity index (χ2v) is 4.64. The average Bonchev–Trinajstić information content (AvgIpc) is 2.34. The molecule has 0 saturated carbocycles. The van der Waals surface area contributed by atoms with E-state index in [1.54, 1.807) is 11.6 Å². The maximum absolute atomic E-state index is 11.8. The van der Waals surface area contributed by atoms with E-state index in [0.717, 1.165) is 16.6 Å². The minimum absolute atomic E-state index is 0.179. The first-order chi connectivity index (χ1) is 8.97. The van der Waals surface area contributed by atoms with Crippen LogP contribution in [0.25, 0.3) is 22.6 Å². The van der Waals surface area contributed by atoms with E-state index in [4.69, 9.17) is 0 Å². The fourth-order valence-corrected chi connectivity index (χ4v) is 2.15. The quantitative estimate of drug-likeness (QED) is 0.601. The van der Waals surface area contributed by atoms with E-state index in [-0.39, 0.29) is 5.69 Å². The topological polar surface area (TPSA) is 80.6 Å². The third-order valence-electron chi connectivity index (χ3n) is 3.36. The number of fused-ring (bicyclic) bond motifs is 2. The van der Waals surface area contributed by atoms with Crippen LogP contribution >= 0.6 is 0 Å². The Morgan fingerprint density at radius 2 is 1.79 bits per heavy atom. The van der Waals surface area contributed by atoms with E-state index in [0.29, 0.717) is 11.3 Å². The molecule has 19 heavy (non-hydrogen) atoms. The number of nitrogens with one attached hydrogen (secondary N) is 1. The van der Waals surface area contributed by atoms with E-state index in [9.17, 15) is 9.59 Å². The molecular weight excluding hydrogens is 244 g/mol. The summed E-state index contributed by atoms with van der Waals surface area (Å²) in [5, 5.41) is 0. The summed E-state index contributed by atoms with van der Waals surface area (Å²) in [6.07, 6.45) is 0. The van der Waals surface area contributed by atoms with Gasteiger partial charge in [0.2, 0.25) is 0 Å². The predicted octanol–water partition coefficient (Wildman–Crippen LogP) is 0.738.